The molecule has 3 rings (SSSR count). The topological polar surface area (TPSA) is 57.6 Å². The van der Waals surface area contributed by atoms with Crippen LogP contribution >= 0.6 is 0 Å². The molecule has 1 heterocycles. The van der Waals surface area contributed by atoms with Crippen molar-refractivity contribution in [1.82, 2.24) is 0 Å². The summed E-state index contributed by atoms with van der Waals surface area (Å²) in [5.41, 5.74) is 1.63. The number of benzene rings is 1. The zero-order valence-corrected chi connectivity index (χ0v) is 11.0. The molecule has 2 aliphatic rings. The minimum atomic E-state index is -0.826. The lowest BCUT2D eigenvalue weighted by atomic mass is 10.0. The van der Waals surface area contributed by atoms with Crippen LogP contribution in [0.5, 0.6) is 0 Å². The average molecular weight is 277 g/mol. The molecule has 20 heavy (non-hydrogen) atoms. The largest absolute Gasteiger partial charge is 0.481 e. The highest BCUT2D eigenvalue weighted by atomic mass is 19.1. The van der Waals surface area contributed by atoms with E-state index in [2.05, 4.69) is 0 Å². The van der Waals surface area contributed by atoms with Crippen LogP contribution < -0.4 is 4.90 Å². The lowest BCUT2D eigenvalue weighted by Gasteiger charge is -2.21. The van der Waals surface area contributed by atoms with Crippen molar-refractivity contribution < 1.29 is 19.1 Å². The Balaban J connectivity index is 1.77. The Bertz CT molecular complexity index is 572. The third kappa shape index (κ3) is 2.17. The summed E-state index contributed by atoms with van der Waals surface area (Å²) in [4.78, 5) is 25.1. The highest BCUT2D eigenvalue weighted by Gasteiger charge is 2.37. The smallest absolute Gasteiger partial charge is 0.306 e. The monoisotopic (exact) mass is 277 g/mol. The van der Waals surface area contributed by atoms with E-state index in [1.807, 2.05) is 0 Å². The molecular weight excluding hydrogens is 261 g/mol. The number of carboxylic acids is 1. The van der Waals surface area contributed by atoms with Crippen LogP contribution in [0.25, 0.3) is 0 Å². The molecule has 4 nitrogen and oxygen atoms in total. The van der Waals surface area contributed by atoms with Crippen molar-refractivity contribution >= 4 is 17.6 Å². The Morgan fingerprint density at radius 2 is 2.00 bits per heavy atom. The fourth-order valence-electron chi connectivity index (χ4n) is 3.23. The molecule has 0 aromatic heterocycles. The van der Waals surface area contributed by atoms with Gasteiger partial charge < -0.3 is 10.0 Å². The third-order valence-corrected chi connectivity index (χ3v) is 4.34. The van der Waals surface area contributed by atoms with E-state index in [-0.39, 0.29) is 17.6 Å². The number of fused-ring (bicyclic) bond motifs is 1. The van der Waals surface area contributed by atoms with E-state index >= 15 is 0 Å². The Hall–Kier alpha value is -1.91. The highest BCUT2D eigenvalue weighted by molar-refractivity contribution is 5.97. The normalized spacial score (nSPS) is 24.8. The van der Waals surface area contributed by atoms with E-state index in [1.165, 1.54) is 12.1 Å². The number of aliphatic carboxylic acids is 1. The molecule has 1 amide bonds. The van der Waals surface area contributed by atoms with Gasteiger partial charge in [-0.15, -0.1) is 0 Å². The number of halogens is 1. The molecule has 1 aromatic carbocycles. The maximum Gasteiger partial charge on any atom is 0.306 e. The number of anilines is 1. The Morgan fingerprint density at radius 3 is 2.70 bits per heavy atom. The summed E-state index contributed by atoms with van der Waals surface area (Å²) in [6.07, 6.45) is 2.29. The van der Waals surface area contributed by atoms with Crippen LogP contribution in [0.2, 0.25) is 0 Å². The second-order valence-corrected chi connectivity index (χ2v) is 5.56. The van der Waals surface area contributed by atoms with Crippen molar-refractivity contribution in [2.24, 2.45) is 11.8 Å². The van der Waals surface area contributed by atoms with E-state index in [0.29, 0.717) is 31.5 Å². The Kier molecular flexibility index (Phi) is 3.20. The van der Waals surface area contributed by atoms with Crippen LogP contribution in [0.3, 0.4) is 0 Å². The lowest BCUT2D eigenvalue weighted by molar-refractivity contribution is -0.141. The number of hydrogen-bond acceptors (Lipinski definition) is 2. The molecule has 106 valence electrons. The van der Waals surface area contributed by atoms with E-state index in [0.717, 1.165) is 12.0 Å². The quantitative estimate of drug-likeness (QED) is 0.901. The average Bonchev–Trinajstić information content (AvgIpc) is 3.04. The van der Waals surface area contributed by atoms with Gasteiger partial charge in [0.1, 0.15) is 5.82 Å². The number of carbonyl (C=O) groups excluding carboxylic acids is 1. The van der Waals surface area contributed by atoms with Gasteiger partial charge in [0.15, 0.2) is 0 Å². The predicted octanol–water partition coefficient (Wildman–Crippen LogP) is 2.22. The first-order valence-electron chi connectivity index (χ1n) is 6.89. The van der Waals surface area contributed by atoms with Crippen LogP contribution in [0.15, 0.2) is 18.2 Å². The van der Waals surface area contributed by atoms with Crippen molar-refractivity contribution in [1.29, 1.82) is 0 Å². The van der Waals surface area contributed by atoms with Crippen molar-refractivity contribution in [3.8, 4) is 0 Å². The standard InChI is InChI=1S/C15H16FNO3/c16-12-4-3-9-5-6-17(13(9)8-12)14(18)10-1-2-11(7-10)15(19)20/h3-4,8,10-11H,1-2,5-7H2,(H,19,20)/t10-,11+/m0/s1. The maximum absolute atomic E-state index is 13.3. The van der Waals surface area contributed by atoms with Crippen molar-refractivity contribution in [2.45, 2.75) is 25.7 Å². The molecule has 1 aromatic rings. The minimum absolute atomic E-state index is 0.0573. The van der Waals surface area contributed by atoms with E-state index < -0.39 is 11.9 Å². The SMILES string of the molecule is O=C(O)[C@@H]1CC[C@H](C(=O)N2CCc3ccc(F)cc32)C1. The van der Waals surface area contributed by atoms with Gasteiger partial charge in [0, 0.05) is 18.2 Å². The molecule has 2 atom stereocenters. The summed E-state index contributed by atoms with van der Waals surface area (Å²) < 4.78 is 13.3. The molecule has 1 aliphatic carbocycles. The minimum Gasteiger partial charge on any atom is -0.481 e. The Labute approximate surface area is 116 Å². The maximum atomic E-state index is 13.3. The van der Waals surface area contributed by atoms with Gasteiger partial charge in [-0.3, -0.25) is 9.59 Å². The number of hydrogen-bond donors (Lipinski definition) is 1. The molecule has 5 heteroatoms. The second-order valence-electron chi connectivity index (χ2n) is 5.56. The Morgan fingerprint density at radius 1 is 1.25 bits per heavy atom. The molecule has 1 aliphatic heterocycles. The van der Waals surface area contributed by atoms with Crippen LogP contribution in [0, 0.1) is 17.7 Å². The van der Waals surface area contributed by atoms with E-state index in [9.17, 15) is 14.0 Å². The molecule has 0 unspecified atom stereocenters. The van der Waals surface area contributed by atoms with Crippen LogP contribution in [-0.2, 0) is 16.0 Å². The number of amides is 1. The summed E-state index contributed by atoms with van der Waals surface area (Å²) in [6.45, 7) is 0.561. The van der Waals surface area contributed by atoms with Gasteiger partial charge in [-0.1, -0.05) is 6.07 Å². The van der Waals surface area contributed by atoms with Crippen LogP contribution in [-0.4, -0.2) is 23.5 Å². The summed E-state index contributed by atoms with van der Waals surface area (Å²) in [5, 5.41) is 9.00. The molecule has 1 fully saturated rings. The fourth-order valence-corrected chi connectivity index (χ4v) is 3.23. The van der Waals surface area contributed by atoms with Gasteiger partial charge in [-0.05, 0) is 43.4 Å². The number of rotatable bonds is 2. The zero-order chi connectivity index (χ0) is 14.3. The third-order valence-electron chi connectivity index (χ3n) is 4.34. The van der Waals surface area contributed by atoms with Crippen molar-refractivity contribution in [3.05, 3.63) is 29.6 Å². The van der Waals surface area contributed by atoms with Gasteiger partial charge in [-0.25, -0.2) is 4.39 Å². The predicted molar refractivity (Wildman–Crippen MR) is 70.9 cm³/mol. The highest BCUT2D eigenvalue weighted by Crippen LogP contribution is 2.36. The van der Waals surface area contributed by atoms with E-state index in [1.54, 1.807) is 11.0 Å². The summed E-state index contributed by atoms with van der Waals surface area (Å²) in [5.74, 6) is -1.89. The molecule has 1 N–H and O–H groups in total. The van der Waals surface area contributed by atoms with Gasteiger partial charge in [0.25, 0.3) is 0 Å². The number of nitrogens with zero attached hydrogens (tertiary/aromatic N) is 1. The first kappa shape index (κ1) is 13.1. The lowest BCUT2D eigenvalue weighted by Crippen LogP contribution is -2.34. The van der Waals surface area contributed by atoms with Crippen LogP contribution in [0.1, 0.15) is 24.8 Å². The first-order chi connectivity index (χ1) is 9.56. The van der Waals surface area contributed by atoms with Crippen molar-refractivity contribution in [3.63, 3.8) is 0 Å². The molecule has 0 saturated heterocycles. The van der Waals surface area contributed by atoms with Gasteiger partial charge >= 0.3 is 5.97 Å². The van der Waals surface area contributed by atoms with Gasteiger partial charge in [-0.2, -0.15) is 0 Å². The summed E-state index contributed by atoms with van der Waals surface area (Å²) in [7, 11) is 0. The number of carboxylic acid groups (broad SMARTS) is 1. The molecular formula is C15H16FNO3. The van der Waals surface area contributed by atoms with Gasteiger partial charge in [0.05, 0.1) is 5.92 Å². The summed E-state index contributed by atoms with van der Waals surface area (Å²) in [6, 6.07) is 4.51. The van der Waals surface area contributed by atoms with Gasteiger partial charge in [0.2, 0.25) is 5.91 Å². The molecule has 0 radical (unpaired) electrons. The number of carbonyl (C=O) groups is 2. The van der Waals surface area contributed by atoms with Crippen molar-refractivity contribution in [2.75, 3.05) is 11.4 Å². The molecule has 0 spiro atoms. The molecule has 0 bridgehead atoms. The zero-order valence-electron chi connectivity index (χ0n) is 11.0. The molecule has 1 saturated carbocycles. The fraction of sp³-hybridized carbons (Fsp3) is 0.467. The first-order valence-corrected chi connectivity index (χ1v) is 6.89. The van der Waals surface area contributed by atoms with Crippen LogP contribution in [0.4, 0.5) is 10.1 Å². The summed E-state index contributed by atoms with van der Waals surface area (Å²) >= 11 is 0. The van der Waals surface area contributed by atoms with E-state index in [4.69, 9.17) is 5.11 Å². The second kappa shape index (κ2) is 4.89.